The Kier molecular flexibility index (Phi) is 7.18. The fraction of sp³-hybridized carbons (Fsp3) is 0.611. The summed E-state index contributed by atoms with van der Waals surface area (Å²) in [6, 6.07) is 5.21. The molecular formula is C18H28N4O2. The van der Waals surface area contributed by atoms with Gasteiger partial charge in [0.15, 0.2) is 0 Å². The number of nitrogens with one attached hydrogen (secondary N) is 2. The summed E-state index contributed by atoms with van der Waals surface area (Å²) in [5, 5.41) is 5.87. The van der Waals surface area contributed by atoms with E-state index in [1.165, 1.54) is 12.8 Å². The van der Waals surface area contributed by atoms with Gasteiger partial charge in [0, 0.05) is 19.1 Å². The molecule has 1 fully saturated rings. The van der Waals surface area contributed by atoms with Gasteiger partial charge in [-0.05, 0) is 39.1 Å². The highest BCUT2D eigenvalue weighted by Crippen LogP contribution is 2.17. The molecule has 0 radical (unpaired) electrons. The van der Waals surface area contributed by atoms with Crippen LogP contribution in [0.1, 0.15) is 59.5 Å². The average Bonchev–Trinajstić information content (AvgIpc) is 2.83. The molecule has 0 bridgehead atoms. The van der Waals surface area contributed by atoms with Crippen LogP contribution in [-0.4, -0.2) is 54.9 Å². The van der Waals surface area contributed by atoms with Gasteiger partial charge in [0.2, 0.25) is 0 Å². The number of nitrogens with zero attached hydrogens (tertiary/aromatic N) is 2. The van der Waals surface area contributed by atoms with Crippen LogP contribution in [0.3, 0.4) is 0 Å². The number of hydrogen-bond donors (Lipinski definition) is 2. The van der Waals surface area contributed by atoms with E-state index in [1.807, 2.05) is 19.0 Å². The summed E-state index contributed by atoms with van der Waals surface area (Å²) in [6.07, 6.45) is 6.85. The number of aromatic nitrogens is 1. The first kappa shape index (κ1) is 18.4. The fourth-order valence-corrected chi connectivity index (χ4v) is 2.85. The third-order valence-electron chi connectivity index (χ3n) is 4.25. The molecule has 0 saturated heterocycles. The van der Waals surface area contributed by atoms with Crippen molar-refractivity contribution in [2.24, 2.45) is 0 Å². The molecule has 0 atom stereocenters. The SMILES string of the molecule is CN(C)CCNC(=O)c1cccc(C(=O)NC2CCCCCC2)n1. The summed E-state index contributed by atoms with van der Waals surface area (Å²) < 4.78 is 0. The van der Waals surface area contributed by atoms with Crippen LogP contribution in [0, 0.1) is 0 Å². The smallest absolute Gasteiger partial charge is 0.270 e. The first-order chi connectivity index (χ1) is 11.6. The maximum atomic E-state index is 12.4. The normalized spacial score (nSPS) is 15.8. The highest BCUT2D eigenvalue weighted by Gasteiger charge is 2.17. The molecule has 1 aliphatic rings. The second kappa shape index (κ2) is 9.37. The minimum Gasteiger partial charge on any atom is -0.349 e. The van der Waals surface area contributed by atoms with Gasteiger partial charge in [-0.25, -0.2) is 4.98 Å². The maximum absolute atomic E-state index is 12.4. The second-order valence-corrected chi connectivity index (χ2v) is 6.63. The minimum absolute atomic E-state index is 0.190. The standard InChI is InChI=1S/C18H28N4O2/c1-22(2)13-12-19-17(23)15-10-7-11-16(21-15)18(24)20-14-8-5-3-4-6-9-14/h7,10-11,14H,3-6,8-9,12-13H2,1-2H3,(H,19,23)(H,20,24). The Morgan fingerprint density at radius 2 is 1.71 bits per heavy atom. The van der Waals surface area contributed by atoms with Crippen molar-refractivity contribution in [2.45, 2.75) is 44.6 Å². The molecule has 0 unspecified atom stereocenters. The molecular weight excluding hydrogens is 304 g/mol. The van der Waals surface area contributed by atoms with Crippen molar-refractivity contribution in [1.82, 2.24) is 20.5 Å². The van der Waals surface area contributed by atoms with Gasteiger partial charge in [0.05, 0.1) is 0 Å². The second-order valence-electron chi connectivity index (χ2n) is 6.63. The van der Waals surface area contributed by atoms with Crippen LogP contribution in [0.4, 0.5) is 0 Å². The van der Waals surface area contributed by atoms with Crippen molar-refractivity contribution in [3.05, 3.63) is 29.6 Å². The Morgan fingerprint density at radius 1 is 1.08 bits per heavy atom. The Hall–Kier alpha value is -1.95. The van der Waals surface area contributed by atoms with E-state index in [4.69, 9.17) is 0 Å². The highest BCUT2D eigenvalue weighted by atomic mass is 16.2. The summed E-state index contributed by atoms with van der Waals surface area (Å²) in [5.74, 6) is -0.439. The van der Waals surface area contributed by atoms with E-state index in [1.54, 1.807) is 18.2 Å². The predicted octanol–water partition coefficient (Wildman–Crippen LogP) is 1.83. The van der Waals surface area contributed by atoms with Gasteiger partial charge in [-0.3, -0.25) is 9.59 Å². The molecule has 6 heteroatoms. The van der Waals surface area contributed by atoms with Crippen molar-refractivity contribution in [3.63, 3.8) is 0 Å². The van der Waals surface area contributed by atoms with Crippen LogP contribution in [0.2, 0.25) is 0 Å². The number of amides is 2. The zero-order valence-corrected chi connectivity index (χ0v) is 14.7. The summed E-state index contributed by atoms with van der Waals surface area (Å²) in [6.45, 7) is 1.31. The van der Waals surface area contributed by atoms with Gasteiger partial charge in [-0.2, -0.15) is 0 Å². The molecule has 0 aliphatic heterocycles. The van der Waals surface area contributed by atoms with Crippen LogP contribution in [0.15, 0.2) is 18.2 Å². The van der Waals surface area contributed by atoms with Crippen LogP contribution < -0.4 is 10.6 Å². The molecule has 1 saturated carbocycles. The lowest BCUT2D eigenvalue weighted by Crippen LogP contribution is -2.35. The summed E-state index contributed by atoms with van der Waals surface area (Å²) >= 11 is 0. The average molecular weight is 332 g/mol. The highest BCUT2D eigenvalue weighted by molar-refractivity contribution is 5.96. The maximum Gasteiger partial charge on any atom is 0.270 e. The van der Waals surface area contributed by atoms with Gasteiger partial charge in [-0.15, -0.1) is 0 Å². The molecule has 1 aromatic rings. The Morgan fingerprint density at radius 3 is 2.33 bits per heavy atom. The number of carbonyl (C=O) groups is 2. The Bertz CT molecular complexity index is 552. The van der Waals surface area contributed by atoms with E-state index in [9.17, 15) is 9.59 Å². The van der Waals surface area contributed by atoms with E-state index >= 15 is 0 Å². The van der Waals surface area contributed by atoms with E-state index < -0.39 is 0 Å². The molecule has 0 aromatic carbocycles. The number of rotatable bonds is 6. The van der Waals surface area contributed by atoms with Gasteiger partial charge in [-0.1, -0.05) is 31.7 Å². The molecule has 1 aromatic heterocycles. The number of likely N-dealkylation sites (N-methyl/N-ethyl adjacent to an activating group) is 1. The van der Waals surface area contributed by atoms with Gasteiger partial charge < -0.3 is 15.5 Å². The van der Waals surface area contributed by atoms with Crippen molar-refractivity contribution in [1.29, 1.82) is 0 Å². The van der Waals surface area contributed by atoms with Gasteiger partial charge >= 0.3 is 0 Å². The zero-order chi connectivity index (χ0) is 17.4. The molecule has 2 N–H and O–H groups in total. The Balaban J connectivity index is 1.93. The summed E-state index contributed by atoms with van der Waals surface area (Å²) in [7, 11) is 3.89. The zero-order valence-electron chi connectivity index (χ0n) is 14.7. The van der Waals surface area contributed by atoms with Gasteiger partial charge in [0.25, 0.3) is 11.8 Å². The lowest BCUT2D eigenvalue weighted by Gasteiger charge is -2.16. The van der Waals surface area contributed by atoms with Crippen molar-refractivity contribution in [3.8, 4) is 0 Å². The Labute approximate surface area is 144 Å². The van der Waals surface area contributed by atoms with Crippen molar-refractivity contribution < 1.29 is 9.59 Å². The van der Waals surface area contributed by atoms with Crippen LogP contribution in [0.25, 0.3) is 0 Å². The molecule has 1 aliphatic carbocycles. The molecule has 6 nitrogen and oxygen atoms in total. The summed E-state index contributed by atoms with van der Waals surface area (Å²) in [5.41, 5.74) is 0.585. The molecule has 1 heterocycles. The lowest BCUT2D eigenvalue weighted by molar-refractivity contribution is 0.0927. The van der Waals surface area contributed by atoms with Crippen LogP contribution in [0.5, 0.6) is 0 Å². The first-order valence-corrected chi connectivity index (χ1v) is 8.77. The number of hydrogen-bond acceptors (Lipinski definition) is 4. The van der Waals surface area contributed by atoms with E-state index in [0.29, 0.717) is 12.2 Å². The van der Waals surface area contributed by atoms with E-state index in [0.717, 1.165) is 32.2 Å². The molecule has 2 rings (SSSR count). The van der Waals surface area contributed by atoms with E-state index in [2.05, 4.69) is 15.6 Å². The van der Waals surface area contributed by atoms with Crippen LogP contribution in [-0.2, 0) is 0 Å². The van der Waals surface area contributed by atoms with Gasteiger partial charge in [0.1, 0.15) is 11.4 Å². The minimum atomic E-state index is -0.249. The first-order valence-electron chi connectivity index (χ1n) is 8.77. The van der Waals surface area contributed by atoms with E-state index in [-0.39, 0.29) is 23.6 Å². The van der Waals surface area contributed by atoms with Crippen molar-refractivity contribution >= 4 is 11.8 Å². The molecule has 2 amide bonds. The van der Waals surface area contributed by atoms with Crippen molar-refractivity contribution in [2.75, 3.05) is 27.2 Å². The number of carbonyl (C=O) groups excluding carboxylic acids is 2. The quantitative estimate of drug-likeness (QED) is 0.780. The molecule has 132 valence electrons. The summed E-state index contributed by atoms with van der Waals surface area (Å²) in [4.78, 5) is 30.7. The number of pyridine rings is 1. The lowest BCUT2D eigenvalue weighted by atomic mass is 10.1. The third-order valence-corrected chi connectivity index (χ3v) is 4.25. The largest absolute Gasteiger partial charge is 0.349 e. The molecule has 0 spiro atoms. The molecule has 24 heavy (non-hydrogen) atoms. The predicted molar refractivity (Wildman–Crippen MR) is 94.1 cm³/mol. The third kappa shape index (κ3) is 5.92. The fourth-order valence-electron chi connectivity index (χ4n) is 2.85. The van der Waals surface area contributed by atoms with Crippen LogP contribution >= 0.6 is 0 Å². The topological polar surface area (TPSA) is 74.3 Å². The monoisotopic (exact) mass is 332 g/mol.